The van der Waals surface area contributed by atoms with Gasteiger partial charge >= 0.3 is 7.60 Å². The van der Waals surface area contributed by atoms with Crippen LogP contribution in [0, 0.1) is 0 Å². The molecule has 2 aliphatic rings. The zero-order chi connectivity index (χ0) is 11.6. The van der Waals surface area contributed by atoms with E-state index in [2.05, 4.69) is 0 Å². The highest BCUT2D eigenvalue weighted by molar-refractivity contribution is 7.71. The van der Waals surface area contributed by atoms with E-state index in [9.17, 15) is 9.36 Å². The van der Waals surface area contributed by atoms with Crippen LogP contribution in [-0.4, -0.2) is 17.7 Å². The SMILES string of the molecule is CCC(=O)P(=O)(OC1CCC1)OC1CCC1. The van der Waals surface area contributed by atoms with Crippen LogP contribution in [-0.2, 0) is 18.4 Å². The van der Waals surface area contributed by atoms with Crippen molar-refractivity contribution in [3.05, 3.63) is 0 Å². The molecule has 0 saturated heterocycles. The van der Waals surface area contributed by atoms with E-state index in [1.165, 1.54) is 0 Å². The van der Waals surface area contributed by atoms with Gasteiger partial charge in [-0.15, -0.1) is 0 Å². The van der Waals surface area contributed by atoms with Crippen molar-refractivity contribution in [1.29, 1.82) is 0 Å². The van der Waals surface area contributed by atoms with Crippen LogP contribution in [0.1, 0.15) is 51.9 Å². The van der Waals surface area contributed by atoms with Crippen LogP contribution in [0.5, 0.6) is 0 Å². The first-order valence-electron chi connectivity index (χ1n) is 6.14. The highest BCUT2D eigenvalue weighted by Crippen LogP contribution is 2.56. The summed E-state index contributed by atoms with van der Waals surface area (Å²) >= 11 is 0. The summed E-state index contributed by atoms with van der Waals surface area (Å²) in [5, 5.41) is 0. The Kier molecular flexibility index (Phi) is 3.83. The zero-order valence-electron chi connectivity index (χ0n) is 9.68. The topological polar surface area (TPSA) is 52.6 Å². The molecule has 0 atom stereocenters. The summed E-state index contributed by atoms with van der Waals surface area (Å²) in [5.41, 5.74) is -0.369. The first-order chi connectivity index (χ1) is 7.64. The Morgan fingerprint density at radius 1 is 1.12 bits per heavy atom. The summed E-state index contributed by atoms with van der Waals surface area (Å²) in [6.45, 7) is 1.70. The van der Waals surface area contributed by atoms with Gasteiger partial charge in [-0.2, -0.15) is 0 Å². The molecule has 0 aromatic rings. The zero-order valence-corrected chi connectivity index (χ0v) is 10.6. The molecule has 0 aliphatic heterocycles. The maximum atomic E-state index is 12.4. The summed E-state index contributed by atoms with van der Waals surface area (Å²) in [4.78, 5) is 11.7. The monoisotopic (exact) mass is 246 g/mol. The third-order valence-corrected chi connectivity index (χ3v) is 5.37. The van der Waals surface area contributed by atoms with Crippen molar-refractivity contribution in [2.45, 2.75) is 64.1 Å². The van der Waals surface area contributed by atoms with Crippen LogP contribution in [0.2, 0.25) is 0 Å². The van der Waals surface area contributed by atoms with Crippen molar-refractivity contribution in [2.75, 3.05) is 0 Å². The van der Waals surface area contributed by atoms with Gasteiger partial charge in [-0.3, -0.25) is 18.4 Å². The summed E-state index contributed by atoms with van der Waals surface area (Å²) < 4.78 is 23.2. The molecule has 0 radical (unpaired) electrons. The van der Waals surface area contributed by atoms with Crippen LogP contribution >= 0.6 is 7.60 Å². The van der Waals surface area contributed by atoms with E-state index >= 15 is 0 Å². The van der Waals surface area contributed by atoms with Crippen molar-refractivity contribution in [2.24, 2.45) is 0 Å². The Bertz CT molecular complexity index is 287. The summed E-state index contributed by atoms with van der Waals surface area (Å²) in [6, 6.07) is 0. The van der Waals surface area contributed by atoms with Gasteiger partial charge in [-0.05, 0) is 38.5 Å². The van der Waals surface area contributed by atoms with Crippen molar-refractivity contribution in [3.8, 4) is 0 Å². The van der Waals surface area contributed by atoms with E-state index in [0.29, 0.717) is 0 Å². The Labute approximate surface area is 96.2 Å². The molecule has 2 saturated carbocycles. The molecule has 92 valence electrons. The molecule has 0 amide bonds. The van der Waals surface area contributed by atoms with E-state index in [4.69, 9.17) is 9.05 Å². The highest BCUT2D eigenvalue weighted by Gasteiger charge is 2.41. The lowest BCUT2D eigenvalue weighted by Gasteiger charge is -2.33. The summed E-state index contributed by atoms with van der Waals surface area (Å²) in [5.74, 6) is 0. The van der Waals surface area contributed by atoms with Crippen LogP contribution in [0.25, 0.3) is 0 Å². The average Bonchev–Trinajstić information content (AvgIpc) is 2.16. The lowest BCUT2D eigenvalue weighted by Crippen LogP contribution is -2.27. The lowest BCUT2D eigenvalue weighted by molar-refractivity contribution is -0.115. The number of hydrogen-bond donors (Lipinski definition) is 0. The predicted molar refractivity (Wildman–Crippen MR) is 60.4 cm³/mol. The van der Waals surface area contributed by atoms with Crippen LogP contribution in [0.15, 0.2) is 0 Å². The number of carbonyl (C=O) groups is 1. The molecule has 4 nitrogen and oxygen atoms in total. The minimum absolute atomic E-state index is 0.0265. The molecule has 0 heterocycles. The van der Waals surface area contributed by atoms with Gasteiger partial charge in [-0.25, -0.2) is 0 Å². The van der Waals surface area contributed by atoms with Crippen molar-refractivity contribution in [3.63, 3.8) is 0 Å². The minimum Gasteiger partial charge on any atom is -0.300 e. The van der Waals surface area contributed by atoms with E-state index in [1.54, 1.807) is 6.92 Å². The number of rotatable bonds is 6. The normalized spacial score (nSPS) is 22.6. The molecule has 0 bridgehead atoms. The second-order valence-corrected chi connectivity index (χ2v) is 6.48. The van der Waals surface area contributed by atoms with Crippen molar-refractivity contribution >= 4 is 13.1 Å². The molecule has 0 spiro atoms. The average molecular weight is 246 g/mol. The lowest BCUT2D eigenvalue weighted by atomic mass is 9.97. The van der Waals surface area contributed by atoms with Crippen molar-refractivity contribution in [1.82, 2.24) is 0 Å². The molecule has 0 unspecified atom stereocenters. The second-order valence-electron chi connectivity index (χ2n) is 4.56. The van der Waals surface area contributed by atoms with Gasteiger partial charge in [0.05, 0.1) is 12.2 Å². The number of carbonyl (C=O) groups excluding carboxylic acids is 1. The smallest absolute Gasteiger partial charge is 0.300 e. The van der Waals surface area contributed by atoms with E-state index < -0.39 is 7.60 Å². The van der Waals surface area contributed by atoms with Crippen molar-refractivity contribution < 1.29 is 18.4 Å². The molecule has 0 aromatic heterocycles. The Hall–Kier alpha value is -0.180. The third kappa shape index (κ3) is 2.55. The molecule has 16 heavy (non-hydrogen) atoms. The molecule has 2 aliphatic carbocycles. The Morgan fingerprint density at radius 3 is 1.81 bits per heavy atom. The molecule has 0 aromatic carbocycles. The van der Waals surface area contributed by atoms with Gasteiger partial charge in [0.15, 0.2) is 0 Å². The Balaban J connectivity index is 1.97. The van der Waals surface area contributed by atoms with Gasteiger partial charge in [0.25, 0.3) is 0 Å². The van der Waals surface area contributed by atoms with E-state index in [0.717, 1.165) is 38.5 Å². The fourth-order valence-electron chi connectivity index (χ4n) is 1.68. The predicted octanol–water partition coefficient (Wildman–Crippen LogP) is 3.25. The van der Waals surface area contributed by atoms with Gasteiger partial charge in [0.1, 0.15) is 0 Å². The van der Waals surface area contributed by atoms with Crippen LogP contribution < -0.4 is 0 Å². The minimum atomic E-state index is -3.49. The first kappa shape index (κ1) is 12.3. The molecule has 2 fully saturated rings. The molecule has 0 N–H and O–H groups in total. The fraction of sp³-hybridized carbons (Fsp3) is 0.909. The second kappa shape index (κ2) is 4.99. The summed E-state index contributed by atoms with van der Waals surface area (Å²) in [7, 11) is -3.49. The quantitative estimate of drug-likeness (QED) is 0.675. The van der Waals surface area contributed by atoms with Gasteiger partial charge < -0.3 is 0 Å². The van der Waals surface area contributed by atoms with E-state index in [-0.39, 0.29) is 24.2 Å². The van der Waals surface area contributed by atoms with E-state index in [1.807, 2.05) is 0 Å². The van der Waals surface area contributed by atoms with Crippen LogP contribution in [0.4, 0.5) is 0 Å². The largest absolute Gasteiger partial charge is 0.397 e. The van der Waals surface area contributed by atoms with Gasteiger partial charge in [0.2, 0.25) is 5.52 Å². The van der Waals surface area contributed by atoms with Gasteiger partial charge in [0, 0.05) is 6.42 Å². The maximum absolute atomic E-state index is 12.4. The first-order valence-corrected chi connectivity index (χ1v) is 7.68. The Morgan fingerprint density at radius 2 is 1.56 bits per heavy atom. The van der Waals surface area contributed by atoms with Crippen LogP contribution in [0.3, 0.4) is 0 Å². The standard InChI is InChI=1S/C11H19O4P/c1-2-11(12)16(13,14-9-5-3-6-9)15-10-7-4-8-10/h9-10H,2-8H2,1H3. The van der Waals surface area contributed by atoms with Gasteiger partial charge in [-0.1, -0.05) is 6.92 Å². The highest BCUT2D eigenvalue weighted by atomic mass is 31.2. The maximum Gasteiger partial charge on any atom is 0.397 e. The summed E-state index contributed by atoms with van der Waals surface area (Å²) in [6.07, 6.45) is 5.94. The molecular formula is C11H19O4P. The third-order valence-electron chi connectivity index (χ3n) is 3.29. The fourth-order valence-corrected chi connectivity index (χ4v) is 3.56. The number of hydrogen-bond acceptors (Lipinski definition) is 4. The molecule has 5 heteroatoms. The molecule has 2 rings (SSSR count). The molecular weight excluding hydrogens is 227 g/mol.